The van der Waals surface area contributed by atoms with E-state index in [1.807, 2.05) is 13.8 Å². The van der Waals surface area contributed by atoms with E-state index in [0.717, 1.165) is 25.7 Å². The Morgan fingerprint density at radius 3 is 2.53 bits per heavy atom. The second kappa shape index (κ2) is 7.51. The third-order valence-corrected chi connectivity index (χ3v) is 7.79. The summed E-state index contributed by atoms with van der Waals surface area (Å²) in [6, 6.07) is -2.19. The summed E-state index contributed by atoms with van der Waals surface area (Å²) in [6.07, 6.45) is 4.69. The second-order valence-corrected chi connectivity index (χ2v) is 10.00. The van der Waals surface area contributed by atoms with Crippen molar-refractivity contribution in [2.24, 2.45) is 34.6 Å². The van der Waals surface area contributed by atoms with E-state index in [4.69, 9.17) is 11.5 Å². The van der Waals surface area contributed by atoms with E-state index in [9.17, 15) is 19.2 Å². The molecule has 2 heterocycles. The fourth-order valence-electron chi connectivity index (χ4n) is 5.82. The molecule has 30 heavy (non-hydrogen) atoms. The lowest BCUT2D eigenvalue weighted by molar-refractivity contribution is -0.146. The summed E-state index contributed by atoms with van der Waals surface area (Å²) in [5.74, 6) is -1.61. The van der Waals surface area contributed by atoms with Crippen molar-refractivity contribution in [1.29, 1.82) is 0 Å². The van der Waals surface area contributed by atoms with Crippen molar-refractivity contribution >= 4 is 23.6 Å². The van der Waals surface area contributed by atoms with E-state index in [1.54, 1.807) is 4.90 Å². The maximum atomic E-state index is 13.4. The van der Waals surface area contributed by atoms with E-state index >= 15 is 0 Å². The summed E-state index contributed by atoms with van der Waals surface area (Å²) in [6.45, 7) is 4.35. The predicted molar refractivity (Wildman–Crippen MR) is 108 cm³/mol. The number of carbonyl (C=O) groups excluding carboxylic acids is 4. The first-order valence-corrected chi connectivity index (χ1v) is 11.1. The molecule has 9 nitrogen and oxygen atoms in total. The molecule has 4 aliphatic rings. The van der Waals surface area contributed by atoms with Gasteiger partial charge in [0.2, 0.25) is 23.6 Å². The maximum Gasteiger partial charge on any atom is 0.243 e. The zero-order chi connectivity index (χ0) is 21.8. The summed E-state index contributed by atoms with van der Waals surface area (Å²) in [7, 11) is 0. The lowest BCUT2D eigenvalue weighted by atomic mass is 9.83. The van der Waals surface area contributed by atoms with E-state index in [0.29, 0.717) is 13.0 Å². The molecule has 0 aromatic rings. The van der Waals surface area contributed by atoms with Crippen LogP contribution >= 0.6 is 0 Å². The van der Waals surface area contributed by atoms with Crippen LogP contribution in [-0.4, -0.2) is 59.2 Å². The Morgan fingerprint density at radius 2 is 2.00 bits per heavy atom. The van der Waals surface area contributed by atoms with E-state index in [2.05, 4.69) is 10.6 Å². The van der Waals surface area contributed by atoms with Crippen LogP contribution in [0.3, 0.4) is 0 Å². The number of hydrogen-bond donors (Lipinski definition) is 4. The topological polar surface area (TPSA) is 148 Å². The Balaban J connectivity index is 1.52. The van der Waals surface area contributed by atoms with Crippen LogP contribution in [0.5, 0.6) is 0 Å². The van der Waals surface area contributed by atoms with E-state index in [-0.39, 0.29) is 53.4 Å². The van der Waals surface area contributed by atoms with Crippen LogP contribution in [0.4, 0.5) is 0 Å². The Morgan fingerprint density at radius 1 is 1.30 bits per heavy atom. The number of rotatable bonds is 7. The highest BCUT2D eigenvalue weighted by Gasteiger charge is 2.67. The van der Waals surface area contributed by atoms with E-state index < -0.39 is 24.0 Å². The Hall–Kier alpha value is -2.16. The molecule has 4 fully saturated rings. The normalized spacial score (nSPS) is 32.9. The number of fused-ring (bicyclic) bond motifs is 3. The first-order chi connectivity index (χ1) is 14.1. The van der Waals surface area contributed by atoms with E-state index in [1.165, 1.54) is 0 Å². The number of likely N-dealkylation sites (tertiary alicyclic amines) is 1. The summed E-state index contributed by atoms with van der Waals surface area (Å²) < 4.78 is 0. The molecule has 9 heteroatoms. The lowest BCUT2D eigenvalue weighted by Crippen LogP contribution is -2.61. The molecule has 0 aromatic heterocycles. The van der Waals surface area contributed by atoms with Crippen LogP contribution in [0.1, 0.15) is 52.4 Å². The van der Waals surface area contributed by atoms with Gasteiger partial charge in [-0.1, -0.05) is 13.8 Å². The summed E-state index contributed by atoms with van der Waals surface area (Å²) >= 11 is 0. The molecule has 2 aliphatic carbocycles. The molecule has 4 amide bonds. The molecule has 0 unspecified atom stereocenters. The number of primary amides is 1. The molecule has 0 aromatic carbocycles. The van der Waals surface area contributed by atoms with Crippen molar-refractivity contribution in [3.63, 3.8) is 0 Å². The Bertz CT molecular complexity index is 764. The minimum absolute atomic E-state index is 0.0261. The number of nitrogens with one attached hydrogen (secondary N) is 2. The number of hydrogen-bond acceptors (Lipinski definition) is 5. The second-order valence-electron chi connectivity index (χ2n) is 10.00. The molecule has 4 rings (SSSR count). The summed E-state index contributed by atoms with van der Waals surface area (Å²) in [4.78, 5) is 52.1. The first kappa shape index (κ1) is 21.1. The monoisotopic (exact) mass is 419 g/mol. The van der Waals surface area contributed by atoms with Gasteiger partial charge in [0.25, 0.3) is 0 Å². The minimum atomic E-state index is -0.934. The van der Waals surface area contributed by atoms with Gasteiger partial charge in [-0.2, -0.15) is 0 Å². The number of piperidine rings is 1. The molecule has 2 aliphatic heterocycles. The van der Waals surface area contributed by atoms with Gasteiger partial charge in [-0.3, -0.25) is 19.2 Å². The first-order valence-electron chi connectivity index (χ1n) is 11.1. The van der Waals surface area contributed by atoms with Crippen molar-refractivity contribution in [1.82, 2.24) is 15.5 Å². The van der Waals surface area contributed by atoms with Gasteiger partial charge in [0, 0.05) is 18.5 Å². The predicted octanol–water partition coefficient (Wildman–Crippen LogP) is -0.764. The maximum absolute atomic E-state index is 13.4. The van der Waals surface area contributed by atoms with Gasteiger partial charge in [0.05, 0.1) is 6.04 Å². The van der Waals surface area contributed by atoms with Crippen LogP contribution in [-0.2, 0) is 19.2 Å². The largest absolute Gasteiger partial charge is 0.368 e. The molecule has 0 radical (unpaired) electrons. The SMILES string of the molecule is CC(C)[C@H](N)C(=O)N1[C@H]2C[C@@H]([C@H]1C(=O)N[C@@H](C[C@@H]1CCNC1=O)C(N)=O)C1(CC1)C2. The van der Waals surface area contributed by atoms with Gasteiger partial charge in [0.1, 0.15) is 12.1 Å². The van der Waals surface area contributed by atoms with Gasteiger partial charge in [-0.15, -0.1) is 0 Å². The highest BCUT2D eigenvalue weighted by molar-refractivity contribution is 5.94. The number of nitrogens with two attached hydrogens (primary N) is 2. The molecular weight excluding hydrogens is 386 g/mol. The highest BCUT2D eigenvalue weighted by atomic mass is 16.2. The number of amides is 4. The summed E-state index contributed by atoms with van der Waals surface area (Å²) in [5.41, 5.74) is 11.8. The fraction of sp³-hybridized carbons (Fsp3) is 0.810. The van der Waals surface area contributed by atoms with Gasteiger partial charge in [-0.05, 0) is 55.8 Å². The molecule has 2 saturated carbocycles. The van der Waals surface area contributed by atoms with Crippen LogP contribution < -0.4 is 22.1 Å². The van der Waals surface area contributed by atoms with Crippen LogP contribution in [0, 0.1) is 23.2 Å². The Labute approximate surface area is 176 Å². The number of carbonyl (C=O) groups is 4. The van der Waals surface area contributed by atoms with Gasteiger partial charge < -0.3 is 27.0 Å². The minimum Gasteiger partial charge on any atom is -0.368 e. The van der Waals surface area contributed by atoms with Gasteiger partial charge in [-0.25, -0.2) is 0 Å². The van der Waals surface area contributed by atoms with Crippen molar-refractivity contribution in [3.8, 4) is 0 Å². The van der Waals surface area contributed by atoms with Crippen molar-refractivity contribution < 1.29 is 19.2 Å². The van der Waals surface area contributed by atoms with Crippen LogP contribution in [0.25, 0.3) is 0 Å². The Kier molecular flexibility index (Phi) is 5.28. The average molecular weight is 420 g/mol. The molecule has 2 bridgehead atoms. The molecule has 166 valence electrons. The third kappa shape index (κ3) is 3.46. The smallest absolute Gasteiger partial charge is 0.243 e. The van der Waals surface area contributed by atoms with Crippen molar-refractivity contribution in [3.05, 3.63) is 0 Å². The molecule has 2 saturated heterocycles. The molecule has 6 atom stereocenters. The molecular formula is C21H33N5O4. The highest BCUT2D eigenvalue weighted by Crippen LogP contribution is 2.67. The fourth-order valence-corrected chi connectivity index (χ4v) is 5.82. The summed E-state index contributed by atoms with van der Waals surface area (Å²) in [5, 5.41) is 5.52. The lowest BCUT2D eigenvalue weighted by Gasteiger charge is -2.40. The van der Waals surface area contributed by atoms with Gasteiger partial charge in [0.15, 0.2) is 0 Å². The third-order valence-electron chi connectivity index (χ3n) is 7.79. The van der Waals surface area contributed by atoms with Crippen molar-refractivity contribution in [2.45, 2.75) is 76.5 Å². The number of nitrogens with zero attached hydrogens (tertiary/aromatic N) is 1. The van der Waals surface area contributed by atoms with Crippen LogP contribution in [0.2, 0.25) is 0 Å². The standard InChI is InChI=1S/C21H33N5O4/c1-10(2)15(22)20(30)26-12-8-13(21(9-12)4-5-21)16(26)19(29)25-14(17(23)27)7-11-3-6-24-18(11)28/h10-16H,3-9,22H2,1-2H3,(H2,23,27)(H,24,28)(H,25,29)/t11-,12-,13-,14-,15-,16-/m0/s1. The zero-order valence-electron chi connectivity index (χ0n) is 17.7. The molecule has 6 N–H and O–H groups in total. The quantitative estimate of drug-likeness (QED) is 0.428. The van der Waals surface area contributed by atoms with Crippen molar-refractivity contribution in [2.75, 3.05) is 6.54 Å². The van der Waals surface area contributed by atoms with Crippen LogP contribution in [0.15, 0.2) is 0 Å². The average Bonchev–Trinajstić information content (AvgIpc) is 3.00. The van der Waals surface area contributed by atoms with Gasteiger partial charge >= 0.3 is 0 Å². The zero-order valence-corrected chi connectivity index (χ0v) is 17.7. The molecule has 1 spiro atoms.